The number of nitrogens with zero attached hydrogens (tertiary/aromatic N) is 3. The lowest BCUT2D eigenvalue weighted by Gasteiger charge is -2.23. The summed E-state index contributed by atoms with van der Waals surface area (Å²) in [4.78, 5) is 19.6. The Morgan fingerprint density at radius 3 is 2.57 bits per heavy atom. The number of nitro benzene ring substituents is 1. The molecule has 0 saturated carbocycles. The minimum absolute atomic E-state index is 0.00330. The third-order valence-electron chi connectivity index (χ3n) is 4.79. The summed E-state index contributed by atoms with van der Waals surface area (Å²) in [5.74, 6) is 0.0827. The van der Waals surface area contributed by atoms with E-state index in [2.05, 4.69) is 20.6 Å². The summed E-state index contributed by atoms with van der Waals surface area (Å²) in [6, 6.07) is 12.2. The maximum atomic E-state index is 13.4. The van der Waals surface area contributed by atoms with Crippen molar-refractivity contribution in [3.8, 4) is 22.4 Å². The minimum atomic E-state index is -0.449. The Bertz CT molecular complexity index is 1020. The van der Waals surface area contributed by atoms with Gasteiger partial charge < -0.3 is 15.4 Å². The molecule has 3 aromatic rings. The first-order chi connectivity index (χ1) is 14.6. The van der Waals surface area contributed by atoms with Gasteiger partial charge in [-0.05, 0) is 29.8 Å². The normalized spacial score (nSPS) is 16.2. The maximum Gasteiger partial charge on any atom is 0.269 e. The predicted octanol–water partition coefficient (Wildman–Crippen LogP) is 3.26. The van der Waals surface area contributed by atoms with Gasteiger partial charge in [-0.15, -0.1) is 0 Å². The number of halogens is 1. The number of anilines is 1. The molecule has 0 radical (unpaired) electrons. The van der Waals surface area contributed by atoms with Crippen LogP contribution in [0.1, 0.15) is 0 Å². The molecular weight excluding hydrogens is 389 g/mol. The molecule has 0 spiro atoms. The van der Waals surface area contributed by atoms with Gasteiger partial charge in [0.25, 0.3) is 5.69 Å². The topological polar surface area (TPSA) is 102 Å². The Labute approximate surface area is 172 Å². The molecule has 2 aromatic carbocycles. The highest BCUT2D eigenvalue weighted by Gasteiger charge is 2.16. The van der Waals surface area contributed by atoms with E-state index in [0.717, 1.165) is 18.7 Å². The van der Waals surface area contributed by atoms with Crippen molar-refractivity contribution in [3.05, 3.63) is 70.7 Å². The number of nitrogens with one attached hydrogen (secondary N) is 2. The smallest absolute Gasteiger partial charge is 0.269 e. The van der Waals surface area contributed by atoms with Gasteiger partial charge in [0, 0.05) is 49.1 Å². The summed E-state index contributed by atoms with van der Waals surface area (Å²) >= 11 is 0. The molecule has 0 bridgehead atoms. The zero-order chi connectivity index (χ0) is 20.9. The number of hydrogen-bond donors (Lipinski definition) is 2. The molecule has 1 fully saturated rings. The van der Waals surface area contributed by atoms with Gasteiger partial charge in [0.2, 0.25) is 5.95 Å². The fourth-order valence-corrected chi connectivity index (χ4v) is 3.22. The van der Waals surface area contributed by atoms with Gasteiger partial charge in [-0.1, -0.05) is 12.1 Å². The number of non-ortho nitro benzene ring substituents is 1. The molecule has 1 aliphatic heterocycles. The van der Waals surface area contributed by atoms with Gasteiger partial charge in [0.05, 0.1) is 23.3 Å². The molecule has 1 atom stereocenters. The zero-order valence-electron chi connectivity index (χ0n) is 16.0. The molecule has 0 amide bonds. The highest BCUT2D eigenvalue weighted by molar-refractivity contribution is 5.81. The van der Waals surface area contributed by atoms with Gasteiger partial charge in [-0.25, -0.2) is 14.4 Å². The molecule has 0 aliphatic carbocycles. The Kier molecular flexibility index (Phi) is 5.92. The van der Waals surface area contributed by atoms with Crippen LogP contribution in [0, 0.1) is 15.9 Å². The van der Waals surface area contributed by atoms with Gasteiger partial charge in [0.1, 0.15) is 5.82 Å². The Morgan fingerprint density at radius 1 is 1.17 bits per heavy atom. The highest BCUT2D eigenvalue weighted by Crippen LogP contribution is 2.32. The minimum Gasteiger partial charge on any atom is -0.374 e. The van der Waals surface area contributed by atoms with Crippen molar-refractivity contribution >= 4 is 11.6 Å². The number of nitro groups is 1. The second kappa shape index (κ2) is 8.93. The summed E-state index contributed by atoms with van der Waals surface area (Å²) in [7, 11) is 0. The Balaban J connectivity index is 1.67. The van der Waals surface area contributed by atoms with E-state index in [0.29, 0.717) is 35.9 Å². The van der Waals surface area contributed by atoms with E-state index in [9.17, 15) is 14.5 Å². The van der Waals surface area contributed by atoms with Crippen LogP contribution < -0.4 is 10.6 Å². The second-order valence-electron chi connectivity index (χ2n) is 6.84. The van der Waals surface area contributed by atoms with E-state index in [1.54, 1.807) is 30.5 Å². The van der Waals surface area contributed by atoms with Crippen molar-refractivity contribution in [2.45, 2.75) is 6.10 Å². The molecule has 1 aromatic heterocycles. The van der Waals surface area contributed by atoms with Crippen LogP contribution in [0.2, 0.25) is 0 Å². The number of rotatable bonds is 6. The number of hydrogen-bond acceptors (Lipinski definition) is 7. The standard InChI is InChI=1S/C21H20FN5O3/c22-16-5-1-14(2-6-16)19-13-25-21(24-12-18-11-23-9-10-30-18)26-20(19)15-3-7-17(8-4-15)27(28)29/h1-8,13,18,23H,9-12H2,(H,24,25,26). The molecule has 1 aliphatic rings. The maximum absolute atomic E-state index is 13.4. The summed E-state index contributed by atoms with van der Waals surface area (Å²) < 4.78 is 19.0. The number of benzene rings is 2. The molecule has 8 nitrogen and oxygen atoms in total. The number of aromatic nitrogens is 2. The SMILES string of the molecule is O=[N+]([O-])c1ccc(-c2nc(NCC3CNCCO3)ncc2-c2ccc(F)cc2)cc1. The van der Waals surface area contributed by atoms with Gasteiger partial charge >= 0.3 is 0 Å². The van der Waals surface area contributed by atoms with Gasteiger partial charge in [-0.2, -0.15) is 0 Å². The first kappa shape index (κ1) is 19.9. The first-order valence-electron chi connectivity index (χ1n) is 9.54. The third kappa shape index (κ3) is 4.58. The quantitative estimate of drug-likeness (QED) is 0.476. The van der Waals surface area contributed by atoms with Crippen molar-refractivity contribution in [1.29, 1.82) is 0 Å². The van der Waals surface area contributed by atoms with Crippen LogP contribution in [0.15, 0.2) is 54.7 Å². The Hall–Kier alpha value is -3.43. The number of ether oxygens (including phenoxy) is 1. The molecule has 1 unspecified atom stereocenters. The van der Waals surface area contributed by atoms with Crippen LogP contribution in [0.25, 0.3) is 22.4 Å². The lowest BCUT2D eigenvalue weighted by Crippen LogP contribution is -2.42. The molecule has 2 N–H and O–H groups in total. The van der Waals surface area contributed by atoms with Crippen LogP contribution in [0.3, 0.4) is 0 Å². The molecule has 2 heterocycles. The largest absolute Gasteiger partial charge is 0.374 e. The van der Waals surface area contributed by atoms with Crippen molar-refractivity contribution < 1.29 is 14.1 Å². The van der Waals surface area contributed by atoms with Crippen LogP contribution in [0.4, 0.5) is 16.0 Å². The van der Waals surface area contributed by atoms with E-state index in [-0.39, 0.29) is 17.6 Å². The molecule has 154 valence electrons. The summed E-state index contributed by atoms with van der Waals surface area (Å²) in [5.41, 5.74) is 2.73. The molecule has 1 saturated heterocycles. The first-order valence-corrected chi connectivity index (χ1v) is 9.54. The van der Waals surface area contributed by atoms with Crippen LogP contribution in [-0.4, -0.2) is 47.2 Å². The number of morpholine rings is 1. The lowest BCUT2D eigenvalue weighted by molar-refractivity contribution is -0.384. The second-order valence-corrected chi connectivity index (χ2v) is 6.84. The summed E-state index contributed by atoms with van der Waals surface area (Å²) in [5, 5.41) is 17.4. The highest BCUT2D eigenvalue weighted by atomic mass is 19.1. The van der Waals surface area contributed by atoms with Crippen molar-refractivity contribution in [2.75, 3.05) is 31.6 Å². The Morgan fingerprint density at radius 2 is 1.90 bits per heavy atom. The van der Waals surface area contributed by atoms with E-state index >= 15 is 0 Å². The van der Waals surface area contributed by atoms with Gasteiger partial charge in [-0.3, -0.25) is 10.1 Å². The fraction of sp³-hybridized carbons (Fsp3) is 0.238. The molecule has 9 heteroatoms. The van der Waals surface area contributed by atoms with Crippen LogP contribution in [0.5, 0.6) is 0 Å². The van der Waals surface area contributed by atoms with Crippen LogP contribution in [-0.2, 0) is 4.74 Å². The van der Waals surface area contributed by atoms with E-state index in [1.807, 2.05) is 0 Å². The molecule has 4 rings (SSSR count). The van der Waals surface area contributed by atoms with E-state index in [4.69, 9.17) is 4.74 Å². The zero-order valence-corrected chi connectivity index (χ0v) is 16.0. The molecular formula is C21H20FN5O3. The van der Waals surface area contributed by atoms with E-state index < -0.39 is 4.92 Å². The summed E-state index contributed by atoms with van der Waals surface area (Å²) in [6.07, 6.45) is 1.68. The fourth-order valence-electron chi connectivity index (χ4n) is 3.22. The molecule has 30 heavy (non-hydrogen) atoms. The average Bonchev–Trinajstić information content (AvgIpc) is 2.79. The van der Waals surface area contributed by atoms with Crippen molar-refractivity contribution in [2.24, 2.45) is 0 Å². The summed E-state index contributed by atoms with van der Waals surface area (Å²) in [6.45, 7) is 2.78. The van der Waals surface area contributed by atoms with Crippen molar-refractivity contribution in [1.82, 2.24) is 15.3 Å². The van der Waals surface area contributed by atoms with E-state index in [1.165, 1.54) is 24.3 Å². The predicted molar refractivity (Wildman–Crippen MR) is 111 cm³/mol. The lowest BCUT2D eigenvalue weighted by atomic mass is 10.0. The monoisotopic (exact) mass is 409 g/mol. The van der Waals surface area contributed by atoms with Crippen LogP contribution >= 0.6 is 0 Å². The average molecular weight is 409 g/mol. The van der Waals surface area contributed by atoms with Gasteiger partial charge in [0.15, 0.2) is 0 Å². The third-order valence-corrected chi connectivity index (χ3v) is 4.79. The van der Waals surface area contributed by atoms with Crippen molar-refractivity contribution in [3.63, 3.8) is 0 Å².